The maximum atomic E-state index is 13.1. The average Bonchev–Trinajstić information content (AvgIpc) is 2.52. The number of piperidine rings is 1. The number of hydrogen-bond acceptors (Lipinski definition) is 3. The zero-order valence-corrected chi connectivity index (χ0v) is 14.4. The Morgan fingerprint density at radius 1 is 1.35 bits per heavy atom. The van der Waals surface area contributed by atoms with Gasteiger partial charge in [-0.25, -0.2) is 21.5 Å². The molecule has 1 heterocycles. The molecule has 0 bridgehead atoms. The third kappa shape index (κ3) is 5.02. The first kappa shape index (κ1) is 18.4. The van der Waals surface area contributed by atoms with E-state index < -0.39 is 16.4 Å². The van der Waals surface area contributed by atoms with E-state index in [1.165, 1.54) is 22.7 Å². The zero-order chi connectivity index (χ0) is 17.0. The van der Waals surface area contributed by atoms with Crippen LogP contribution >= 0.6 is 11.6 Å². The molecule has 1 saturated heterocycles. The predicted octanol–water partition coefficient (Wildman–Crippen LogP) is 3.41. The van der Waals surface area contributed by atoms with Crippen LogP contribution in [0.1, 0.15) is 30.4 Å². The Morgan fingerprint density at radius 3 is 2.52 bits per heavy atom. The molecule has 0 amide bonds. The van der Waals surface area contributed by atoms with E-state index in [-0.39, 0.29) is 23.1 Å². The van der Waals surface area contributed by atoms with E-state index in [0.29, 0.717) is 38.1 Å². The quantitative estimate of drug-likeness (QED) is 0.724. The molecule has 0 aliphatic carbocycles. The molecule has 1 aromatic rings. The lowest BCUT2D eigenvalue weighted by Gasteiger charge is -2.30. The molecule has 0 spiro atoms. The van der Waals surface area contributed by atoms with Gasteiger partial charge in [0, 0.05) is 19.0 Å². The van der Waals surface area contributed by atoms with E-state index in [0.717, 1.165) is 0 Å². The Hall–Kier alpha value is -0.920. The maximum absolute atomic E-state index is 13.1. The first-order chi connectivity index (χ1) is 10.8. The number of hydrogen-bond donors (Lipinski definition) is 0. The zero-order valence-electron chi connectivity index (χ0n) is 12.8. The number of ether oxygens (including phenoxy) is 1. The van der Waals surface area contributed by atoms with Gasteiger partial charge in [-0.15, -0.1) is 11.6 Å². The number of alkyl halides is 3. The molecule has 1 aromatic carbocycles. The normalized spacial score (nSPS) is 17.6. The fourth-order valence-corrected chi connectivity index (χ4v) is 3.64. The minimum atomic E-state index is -3.16. The van der Waals surface area contributed by atoms with Gasteiger partial charge in [-0.1, -0.05) is 6.07 Å². The lowest BCUT2D eigenvalue weighted by Crippen LogP contribution is -2.39. The van der Waals surface area contributed by atoms with Crippen molar-refractivity contribution in [1.82, 2.24) is 4.31 Å². The molecule has 1 aliphatic heterocycles. The molecule has 130 valence electrons. The molecular formula is C15H20ClF2NO3S. The monoisotopic (exact) mass is 367 g/mol. The summed E-state index contributed by atoms with van der Waals surface area (Å²) in [7, 11) is -3.16. The summed E-state index contributed by atoms with van der Waals surface area (Å²) in [5.41, 5.74) is 0.465. The highest BCUT2D eigenvalue weighted by molar-refractivity contribution is 7.88. The number of nitrogens with zero attached hydrogens (tertiary/aromatic N) is 1. The van der Waals surface area contributed by atoms with Crippen LogP contribution in [0.3, 0.4) is 0 Å². The standard InChI is InChI=1S/C15H20ClF2NO3S/c1-23(20,21)19-6-4-11(5-7-19)10-22-14-3-2-12(9-16)8-13(14)15(17)18/h2-3,8,11,15H,4-7,9-10H2,1H3. The fraction of sp³-hybridized carbons (Fsp3) is 0.600. The van der Waals surface area contributed by atoms with Gasteiger partial charge in [0.15, 0.2) is 0 Å². The first-order valence-corrected chi connectivity index (χ1v) is 9.74. The topological polar surface area (TPSA) is 46.6 Å². The second-order valence-corrected chi connectivity index (χ2v) is 7.97. The van der Waals surface area contributed by atoms with E-state index >= 15 is 0 Å². The van der Waals surface area contributed by atoms with E-state index in [2.05, 4.69) is 0 Å². The fourth-order valence-electron chi connectivity index (χ4n) is 2.60. The van der Waals surface area contributed by atoms with Gasteiger partial charge in [0.05, 0.1) is 18.4 Å². The van der Waals surface area contributed by atoms with Gasteiger partial charge in [-0.2, -0.15) is 0 Å². The van der Waals surface area contributed by atoms with Gasteiger partial charge in [-0.05, 0) is 36.5 Å². The largest absolute Gasteiger partial charge is 0.493 e. The van der Waals surface area contributed by atoms with Crippen molar-refractivity contribution in [2.75, 3.05) is 26.0 Å². The lowest BCUT2D eigenvalue weighted by molar-refractivity contribution is 0.138. The number of rotatable bonds is 6. The molecule has 0 saturated carbocycles. The van der Waals surface area contributed by atoms with Crippen molar-refractivity contribution in [1.29, 1.82) is 0 Å². The number of halogens is 3. The third-order valence-corrected chi connectivity index (χ3v) is 5.59. The Balaban J connectivity index is 1.94. The summed E-state index contributed by atoms with van der Waals surface area (Å²) >= 11 is 5.67. The summed E-state index contributed by atoms with van der Waals surface area (Å²) in [4.78, 5) is 0. The molecule has 4 nitrogen and oxygen atoms in total. The molecular weight excluding hydrogens is 348 g/mol. The third-order valence-electron chi connectivity index (χ3n) is 3.98. The van der Waals surface area contributed by atoms with Crippen LogP contribution in [0, 0.1) is 5.92 Å². The summed E-state index contributed by atoms with van der Waals surface area (Å²) in [6, 6.07) is 4.55. The summed E-state index contributed by atoms with van der Waals surface area (Å²) < 4.78 is 56.1. The predicted molar refractivity (Wildman–Crippen MR) is 85.6 cm³/mol. The van der Waals surface area contributed by atoms with Crippen molar-refractivity contribution in [3.63, 3.8) is 0 Å². The molecule has 1 aliphatic rings. The van der Waals surface area contributed by atoms with Gasteiger partial charge in [0.2, 0.25) is 10.0 Å². The van der Waals surface area contributed by atoms with Crippen LogP contribution < -0.4 is 4.74 Å². The Morgan fingerprint density at radius 2 is 2.00 bits per heavy atom. The second-order valence-electron chi connectivity index (χ2n) is 5.72. The van der Waals surface area contributed by atoms with Gasteiger partial charge in [0.1, 0.15) is 5.75 Å². The van der Waals surface area contributed by atoms with Gasteiger partial charge in [-0.3, -0.25) is 0 Å². The van der Waals surface area contributed by atoms with Crippen molar-refractivity contribution in [3.8, 4) is 5.75 Å². The SMILES string of the molecule is CS(=O)(=O)N1CCC(COc2ccc(CCl)cc2C(F)F)CC1. The summed E-state index contributed by atoms with van der Waals surface area (Å²) in [5.74, 6) is 0.495. The minimum Gasteiger partial charge on any atom is -0.493 e. The van der Waals surface area contributed by atoms with E-state index in [4.69, 9.17) is 16.3 Å². The number of benzene rings is 1. The molecule has 0 N–H and O–H groups in total. The number of sulfonamides is 1. The molecule has 0 aromatic heterocycles. The van der Waals surface area contributed by atoms with Crippen molar-refractivity contribution in [2.24, 2.45) is 5.92 Å². The maximum Gasteiger partial charge on any atom is 0.267 e. The summed E-state index contributed by atoms with van der Waals surface area (Å²) in [6.45, 7) is 1.19. The van der Waals surface area contributed by atoms with E-state index in [1.807, 2.05) is 0 Å². The minimum absolute atomic E-state index is 0.156. The van der Waals surface area contributed by atoms with Crippen molar-refractivity contribution in [3.05, 3.63) is 29.3 Å². The van der Waals surface area contributed by atoms with Crippen LogP contribution in [0.5, 0.6) is 5.75 Å². The van der Waals surface area contributed by atoms with Crippen LogP contribution in [0.25, 0.3) is 0 Å². The second kappa shape index (κ2) is 7.77. The molecule has 1 fully saturated rings. The van der Waals surface area contributed by atoms with E-state index in [9.17, 15) is 17.2 Å². The van der Waals surface area contributed by atoms with Crippen molar-refractivity contribution < 1.29 is 21.9 Å². The lowest BCUT2D eigenvalue weighted by atomic mass is 9.99. The van der Waals surface area contributed by atoms with Crippen LogP contribution in [-0.2, 0) is 15.9 Å². The Labute approximate surface area is 140 Å². The van der Waals surface area contributed by atoms with Gasteiger partial charge in [0.25, 0.3) is 6.43 Å². The van der Waals surface area contributed by atoms with Crippen molar-refractivity contribution >= 4 is 21.6 Å². The van der Waals surface area contributed by atoms with Crippen molar-refractivity contribution in [2.45, 2.75) is 25.1 Å². The van der Waals surface area contributed by atoms with E-state index in [1.54, 1.807) is 6.07 Å². The Bertz CT molecular complexity index is 632. The smallest absolute Gasteiger partial charge is 0.267 e. The molecule has 0 unspecified atom stereocenters. The first-order valence-electron chi connectivity index (χ1n) is 7.36. The molecule has 2 rings (SSSR count). The summed E-state index contributed by atoms with van der Waals surface area (Å²) in [6.07, 6.45) is -0.106. The summed E-state index contributed by atoms with van der Waals surface area (Å²) in [5, 5.41) is 0. The molecule has 8 heteroatoms. The average molecular weight is 368 g/mol. The molecule has 0 atom stereocenters. The van der Waals surface area contributed by atoms with Gasteiger partial charge >= 0.3 is 0 Å². The highest BCUT2D eigenvalue weighted by Crippen LogP contribution is 2.31. The highest BCUT2D eigenvalue weighted by atomic mass is 35.5. The molecule has 23 heavy (non-hydrogen) atoms. The van der Waals surface area contributed by atoms with Crippen LogP contribution in [0.15, 0.2) is 18.2 Å². The Kier molecular flexibility index (Phi) is 6.22. The molecule has 0 radical (unpaired) electrons. The van der Waals surface area contributed by atoms with Crippen LogP contribution in [0.4, 0.5) is 8.78 Å². The van der Waals surface area contributed by atoms with Crippen LogP contribution in [-0.4, -0.2) is 38.7 Å². The van der Waals surface area contributed by atoms with Crippen LogP contribution in [0.2, 0.25) is 0 Å². The highest BCUT2D eigenvalue weighted by Gasteiger charge is 2.25. The van der Waals surface area contributed by atoms with Gasteiger partial charge < -0.3 is 4.74 Å².